The van der Waals surface area contributed by atoms with Gasteiger partial charge in [0.1, 0.15) is 11.5 Å². The third-order valence-corrected chi connectivity index (χ3v) is 7.76. The van der Waals surface area contributed by atoms with E-state index in [9.17, 15) is 24.0 Å². The molecule has 1 aromatic carbocycles. The molecule has 2 bridgehead atoms. The number of hydrogen-bond donors (Lipinski definition) is 2. The summed E-state index contributed by atoms with van der Waals surface area (Å²) in [5.74, 6) is -1.85. The first-order valence-corrected chi connectivity index (χ1v) is 11.4. The Balaban J connectivity index is 1.35. The zero-order valence-electron chi connectivity index (χ0n) is 18.0. The molecule has 4 aliphatic rings. The van der Waals surface area contributed by atoms with Crippen LogP contribution in [0.25, 0.3) is 0 Å². The van der Waals surface area contributed by atoms with E-state index in [2.05, 4.69) is 16.7 Å². The number of rotatable bonds is 6. The Bertz CT molecular complexity index is 1260. The quantitative estimate of drug-likeness (QED) is 0.499. The van der Waals surface area contributed by atoms with Crippen molar-refractivity contribution in [2.75, 3.05) is 11.9 Å². The zero-order valence-corrected chi connectivity index (χ0v) is 18.8. The van der Waals surface area contributed by atoms with Crippen molar-refractivity contribution < 1.29 is 18.8 Å². The van der Waals surface area contributed by atoms with Crippen LogP contribution in [-0.2, 0) is 17.8 Å². The minimum Gasteiger partial charge on any atom is -0.349 e. The van der Waals surface area contributed by atoms with E-state index in [0.29, 0.717) is 48.1 Å². The average molecular weight is 469 g/mol. The molecular formula is C24H22ClFN4O3. The summed E-state index contributed by atoms with van der Waals surface area (Å²) in [5.41, 5.74) is 1.69. The molecule has 2 amide bonds. The van der Waals surface area contributed by atoms with Gasteiger partial charge in [-0.2, -0.15) is 5.26 Å². The van der Waals surface area contributed by atoms with Crippen LogP contribution in [0, 0.1) is 41.3 Å². The van der Waals surface area contributed by atoms with Crippen LogP contribution < -0.4 is 10.6 Å². The molecular weight excluding hydrogens is 447 g/mol. The normalized spacial score (nSPS) is 24.2. The first kappa shape index (κ1) is 21.7. The summed E-state index contributed by atoms with van der Waals surface area (Å²) in [6.07, 6.45) is 3.10. The number of ketones is 1. The van der Waals surface area contributed by atoms with Gasteiger partial charge in [0.15, 0.2) is 0 Å². The summed E-state index contributed by atoms with van der Waals surface area (Å²) in [5, 5.41) is 14.6. The summed E-state index contributed by atoms with van der Waals surface area (Å²) in [7, 11) is 0. The van der Waals surface area contributed by atoms with E-state index in [1.807, 2.05) is 0 Å². The van der Waals surface area contributed by atoms with Crippen molar-refractivity contribution in [1.29, 1.82) is 5.26 Å². The molecule has 2 aromatic rings. The lowest BCUT2D eigenvalue weighted by atomic mass is 9.38. The predicted molar refractivity (Wildman–Crippen MR) is 118 cm³/mol. The molecule has 2 N–H and O–H groups in total. The first-order valence-electron chi connectivity index (χ1n) is 11.0. The minimum absolute atomic E-state index is 0.111. The monoisotopic (exact) mass is 468 g/mol. The molecule has 1 aromatic heterocycles. The number of aromatic nitrogens is 1. The Hall–Kier alpha value is -3.18. The maximum atomic E-state index is 13.4. The number of amides is 2. The number of fused-ring (bicyclic) bond motifs is 1. The second kappa shape index (κ2) is 7.70. The number of benzene rings is 1. The van der Waals surface area contributed by atoms with Crippen LogP contribution in [0.15, 0.2) is 18.2 Å². The van der Waals surface area contributed by atoms with Crippen molar-refractivity contribution in [2.24, 2.45) is 17.3 Å². The average Bonchev–Trinajstić information content (AvgIpc) is 3.28. The summed E-state index contributed by atoms with van der Waals surface area (Å²) in [6.45, 7) is 2.53. The van der Waals surface area contributed by atoms with Gasteiger partial charge in [-0.15, -0.1) is 0 Å². The van der Waals surface area contributed by atoms with Crippen molar-refractivity contribution in [3.05, 3.63) is 51.6 Å². The predicted octanol–water partition coefficient (Wildman–Crippen LogP) is 3.64. The van der Waals surface area contributed by atoms with Crippen LogP contribution >= 0.6 is 11.6 Å². The molecule has 3 saturated carbocycles. The van der Waals surface area contributed by atoms with E-state index in [1.165, 1.54) is 12.1 Å². The van der Waals surface area contributed by atoms with Gasteiger partial charge in [0, 0.05) is 24.5 Å². The van der Waals surface area contributed by atoms with E-state index in [1.54, 1.807) is 11.5 Å². The number of carbonyl (C=O) groups excluding carboxylic acids is 3. The van der Waals surface area contributed by atoms with Crippen LogP contribution in [0.4, 0.5) is 10.1 Å². The second-order valence-electron chi connectivity index (χ2n) is 9.22. The number of carbonyl (C=O) groups is 3. The van der Waals surface area contributed by atoms with Gasteiger partial charge in [0.25, 0.3) is 17.6 Å². The molecule has 0 radical (unpaired) electrons. The van der Waals surface area contributed by atoms with Gasteiger partial charge >= 0.3 is 0 Å². The molecule has 2 heterocycles. The molecule has 1 aliphatic heterocycles. The van der Waals surface area contributed by atoms with Crippen LogP contribution in [-0.4, -0.2) is 28.7 Å². The Morgan fingerprint density at radius 2 is 2.09 bits per heavy atom. The van der Waals surface area contributed by atoms with Crippen LogP contribution in [0.5, 0.6) is 0 Å². The SMILES string of the molecule is Cc1c(C(=O)C(=O)NCC2C3CC2(C#N)C3)c2n(c1C(=O)Nc1ccc(F)c(Cl)c1)CCC2. The summed E-state index contributed by atoms with van der Waals surface area (Å²) in [6, 6.07) is 6.23. The van der Waals surface area contributed by atoms with Crippen LogP contribution in [0.1, 0.15) is 51.4 Å². The van der Waals surface area contributed by atoms with Gasteiger partial charge in [0.05, 0.1) is 22.1 Å². The highest BCUT2D eigenvalue weighted by Crippen LogP contribution is 2.68. The molecule has 7 nitrogen and oxygen atoms in total. The van der Waals surface area contributed by atoms with E-state index in [-0.39, 0.29) is 21.9 Å². The summed E-state index contributed by atoms with van der Waals surface area (Å²) >= 11 is 5.81. The lowest BCUT2D eigenvalue weighted by Crippen LogP contribution is -2.64. The topological polar surface area (TPSA) is 104 Å². The van der Waals surface area contributed by atoms with E-state index in [4.69, 9.17) is 11.6 Å². The number of Topliss-reactive ketones (excluding diaryl/α,β-unsaturated/α-hetero) is 1. The zero-order chi connectivity index (χ0) is 23.5. The van der Waals surface area contributed by atoms with Crippen molar-refractivity contribution in [3.8, 4) is 6.07 Å². The highest BCUT2D eigenvalue weighted by Gasteiger charge is 2.65. The van der Waals surface area contributed by atoms with Crippen LogP contribution in [0.3, 0.4) is 0 Å². The number of nitrogens with zero attached hydrogens (tertiary/aromatic N) is 2. The highest BCUT2D eigenvalue weighted by atomic mass is 35.5. The molecule has 33 heavy (non-hydrogen) atoms. The molecule has 6 rings (SSSR count). The minimum atomic E-state index is -0.713. The number of nitrogens with one attached hydrogen (secondary N) is 2. The fourth-order valence-corrected chi connectivity index (χ4v) is 5.78. The third-order valence-electron chi connectivity index (χ3n) is 7.47. The lowest BCUT2D eigenvalue weighted by Gasteiger charge is -2.64. The Labute approximate surface area is 194 Å². The lowest BCUT2D eigenvalue weighted by molar-refractivity contribution is -0.145. The third kappa shape index (κ3) is 3.25. The fourth-order valence-electron chi connectivity index (χ4n) is 5.60. The van der Waals surface area contributed by atoms with Crippen LogP contribution in [0.2, 0.25) is 5.02 Å². The molecule has 1 atom stereocenters. The van der Waals surface area contributed by atoms with Gasteiger partial charge in [-0.05, 0) is 68.2 Å². The van der Waals surface area contributed by atoms with Gasteiger partial charge in [-0.25, -0.2) is 4.39 Å². The van der Waals surface area contributed by atoms with E-state index < -0.39 is 23.4 Å². The number of nitriles is 1. The molecule has 3 aliphatic carbocycles. The molecule has 0 saturated heterocycles. The van der Waals surface area contributed by atoms with Gasteiger partial charge < -0.3 is 15.2 Å². The Morgan fingerprint density at radius 1 is 1.33 bits per heavy atom. The Morgan fingerprint density at radius 3 is 2.73 bits per heavy atom. The molecule has 3 fully saturated rings. The summed E-state index contributed by atoms with van der Waals surface area (Å²) in [4.78, 5) is 38.8. The van der Waals surface area contributed by atoms with Crippen molar-refractivity contribution in [3.63, 3.8) is 0 Å². The maximum Gasteiger partial charge on any atom is 0.292 e. The summed E-state index contributed by atoms with van der Waals surface area (Å²) < 4.78 is 15.2. The van der Waals surface area contributed by atoms with Gasteiger partial charge in [0.2, 0.25) is 0 Å². The van der Waals surface area contributed by atoms with Gasteiger partial charge in [-0.3, -0.25) is 14.4 Å². The second-order valence-corrected chi connectivity index (χ2v) is 9.62. The fraction of sp³-hybridized carbons (Fsp3) is 0.417. The standard InChI is InChI=1S/C24H22ClFN4O3/c1-12-19(21(31)23(33)28-10-15-13-8-24(15,9-13)11-27)18-3-2-6-30(18)20(12)22(32)29-14-4-5-17(26)16(25)7-14/h4-5,7,13,15H,2-3,6,8-10H2,1H3,(H,28,33)(H,29,32). The number of hydrogen-bond acceptors (Lipinski definition) is 4. The van der Waals surface area contributed by atoms with E-state index >= 15 is 0 Å². The number of anilines is 1. The van der Waals surface area contributed by atoms with Gasteiger partial charge in [-0.1, -0.05) is 11.6 Å². The Kier molecular flexibility index (Phi) is 5.05. The smallest absolute Gasteiger partial charge is 0.292 e. The molecule has 0 spiro atoms. The highest BCUT2D eigenvalue weighted by molar-refractivity contribution is 6.43. The maximum absolute atomic E-state index is 13.4. The van der Waals surface area contributed by atoms with Crippen molar-refractivity contribution in [1.82, 2.24) is 9.88 Å². The molecule has 1 unspecified atom stereocenters. The first-order chi connectivity index (χ1) is 15.8. The van der Waals surface area contributed by atoms with Crippen molar-refractivity contribution >= 4 is 34.9 Å². The van der Waals surface area contributed by atoms with Crippen molar-refractivity contribution in [2.45, 2.75) is 39.2 Å². The molecule has 9 heteroatoms. The molecule has 170 valence electrons. The largest absolute Gasteiger partial charge is 0.349 e. The van der Waals surface area contributed by atoms with E-state index in [0.717, 1.165) is 25.3 Å². The number of halogens is 2.